The number of nitrogens with one attached hydrogen (secondary N) is 1. The number of sulfone groups is 1. The van der Waals surface area contributed by atoms with Gasteiger partial charge in [0.15, 0.2) is 9.84 Å². The van der Waals surface area contributed by atoms with Gasteiger partial charge in [-0.15, -0.1) is 0 Å². The van der Waals surface area contributed by atoms with E-state index in [0.29, 0.717) is 24.9 Å². The summed E-state index contributed by atoms with van der Waals surface area (Å²) in [6.07, 6.45) is 1.35. The predicted molar refractivity (Wildman–Crippen MR) is 64.2 cm³/mol. The number of hydrogen-bond acceptors (Lipinski definition) is 3. The van der Waals surface area contributed by atoms with E-state index in [1.165, 1.54) is 18.2 Å². The van der Waals surface area contributed by atoms with Crippen LogP contribution in [0.2, 0.25) is 0 Å². The topological polar surface area (TPSA) is 46.2 Å². The van der Waals surface area contributed by atoms with Gasteiger partial charge in [-0.1, -0.05) is 0 Å². The Labute approximate surface area is 101 Å². The maximum Gasteiger partial charge on any atom is 0.185 e. The minimum Gasteiger partial charge on any atom is -0.318 e. The number of halogens is 1. The first kappa shape index (κ1) is 12.5. The van der Waals surface area contributed by atoms with Crippen molar-refractivity contribution in [3.8, 4) is 0 Å². The lowest BCUT2D eigenvalue weighted by molar-refractivity contribution is 0.567. The molecule has 0 bridgehead atoms. The Morgan fingerprint density at radius 1 is 1.41 bits per heavy atom. The summed E-state index contributed by atoms with van der Waals surface area (Å²) in [6, 6.07) is 3.84. The molecule has 0 heterocycles. The van der Waals surface area contributed by atoms with Crippen LogP contribution >= 0.6 is 0 Å². The highest BCUT2D eigenvalue weighted by Crippen LogP contribution is 2.46. The van der Waals surface area contributed by atoms with Crippen LogP contribution in [0.5, 0.6) is 0 Å². The van der Waals surface area contributed by atoms with E-state index in [9.17, 15) is 12.8 Å². The summed E-state index contributed by atoms with van der Waals surface area (Å²) in [5, 5.41) is 2.92. The van der Waals surface area contributed by atoms with Crippen molar-refractivity contribution in [3.05, 3.63) is 29.6 Å². The summed E-state index contributed by atoms with van der Waals surface area (Å²) in [6.45, 7) is 2.08. The van der Waals surface area contributed by atoms with Crippen molar-refractivity contribution in [2.24, 2.45) is 0 Å². The van der Waals surface area contributed by atoms with E-state index in [2.05, 4.69) is 5.32 Å². The van der Waals surface area contributed by atoms with Crippen molar-refractivity contribution < 1.29 is 12.8 Å². The van der Waals surface area contributed by atoms with Gasteiger partial charge in [0.25, 0.3) is 0 Å². The Bertz CT molecular complexity index is 535. The highest BCUT2D eigenvalue weighted by molar-refractivity contribution is 7.93. The lowest BCUT2D eigenvalue weighted by Crippen LogP contribution is -2.34. The molecule has 0 unspecified atom stereocenters. The summed E-state index contributed by atoms with van der Waals surface area (Å²) in [5.74, 6) is -0.403. The molecule has 0 aromatic heterocycles. The van der Waals surface area contributed by atoms with Gasteiger partial charge >= 0.3 is 0 Å². The van der Waals surface area contributed by atoms with Gasteiger partial charge in [-0.2, -0.15) is 0 Å². The van der Waals surface area contributed by atoms with Crippen LogP contribution in [-0.4, -0.2) is 26.8 Å². The SMILES string of the molecule is CNCC1(S(=O)(=O)c2ccc(F)cc2C)CC1. The molecule has 0 aliphatic heterocycles. The number of rotatable bonds is 4. The molecular weight excluding hydrogens is 241 g/mol. The van der Waals surface area contributed by atoms with E-state index in [1.807, 2.05) is 0 Å². The van der Waals surface area contributed by atoms with Gasteiger partial charge < -0.3 is 5.32 Å². The van der Waals surface area contributed by atoms with Crippen molar-refractivity contribution in [3.63, 3.8) is 0 Å². The second-order valence-corrected chi connectivity index (χ2v) is 6.94. The minimum atomic E-state index is -3.37. The first-order valence-electron chi connectivity index (χ1n) is 5.58. The molecule has 1 aromatic carbocycles. The van der Waals surface area contributed by atoms with Gasteiger partial charge in [0, 0.05) is 6.54 Å². The average molecular weight is 257 g/mol. The maximum absolute atomic E-state index is 13.0. The van der Waals surface area contributed by atoms with Gasteiger partial charge in [0.05, 0.1) is 9.64 Å². The van der Waals surface area contributed by atoms with E-state index in [0.717, 1.165) is 0 Å². The van der Waals surface area contributed by atoms with E-state index in [1.54, 1.807) is 14.0 Å². The molecule has 0 radical (unpaired) electrons. The highest BCUT2D eigenvalue weighted by atomic mass is 32.2. The number of benzene rings is 1. The largest absolute Gasteiger partial charge is 0.318 e. The molecule has 3 nitrogen and oxygen atoms in total. The third kappa shape index (κ3) is 1.98. The van der Waals surface area contributed by atoms with Crippen molar-refractivity contribution in [1.29, 1.82) is 0 Å². The van der Waals surface area contributed by atoms with E-state index < -0.39 is 20.4 Å². The van der Waals surface area contributed by atoms with Crippen LogP contribution in [0.1, 0.15) is 18.4 Å². The Morgan fingerprint density at radius 3 is 2.53 bits per heavy atom. The zero-order valence-corrected chi connectivity index (χ0v) is 10.8. The molecule has 94 valence electrons. The van der Waals surface area contributed by atoms with Gasteiger partial charge in [-0.25, -0.2) is 12.8 Å². The molecule has 1 fully saturated rings. The first-order chi connectivity index (χ1) is 7.93. The normalized spacial score (nSPS) is 18.1. The molecule has 0 atom stereocenters. The Balaban J connectivity index is 2.46. The molecule has 1 N–H and O–H groups in total. The standard InChI is InChI=1S/C12H16FNO2S/c1-9-7-10(13)3-4-11(9)17(15,16)12(5-6-12)8-14-2/h3-4,7,14H,5-6,8H2,1-2H3. The molecule has 1 aliphatic carbocycles. The molecule has 1 aliphatic rings. The molecule has 0 saturated heterocycles. The fraction of sp³-hybridized carbons (Fsp3) is 0.500. The molecule has 0 spiro atoms. The van der Waals surface area contributed by atoms with Crippen LogP contribution < -0.4 is 5.32 Å². The molecule has 1 aromatic rings. The molecule has 5 heteroatoms. The zero-order chi connectivity index (χ0) is 12.7. The van der Waals surface area contributed by atoms with Crippen LogP contribution in [0.4, 0.5) is 4.39 Å². The van der Waals surface area contributed by atoms with Crippen molar-refractivity contribution in [2.45, 2.75) is 29.4 Å². The monoisotopic (exact) mass is 257 g/mol. The smallest absolute Gasteiger partial charge is 0.185 e. The lowest BCUT2D eigenvalue weighted by Gasteiger charge is -2.17. The fourth-order valence-electron chi connectivity index (χ4n) is 2.15. The molecule has 2 rings (SSSR count). The van der Waals surface area contributed by atoms with Crippen LogP contribution in [0, 0.1) is 12.7 Å². The Morgan fingerprint density at radius 2 is 2.06 bits per heavy atom. The van der Waals surface area contributed by atoms with Crippen LogP contribution in [0.15, 0.2) is 23.1 Å². The van der Waals surface area contributed by atoms with Gasteiger partial charge in [0.2, 0.25) is 0 Å². The van der Waals surface area contributed by atoms with E-state index in [-0.39, 0.29) is 4.90 Å². The van der Waals surface area contributed by atoms with Crippen molar-refractivity contribution in [2.75, 3.05) is 13.6 Å². The fourth-order valence-corrected chi connectivity index (χ4v) is 4.32. The van der Waals surface area contributed by atoms with Crippen molar-refractivity contribution >= 4 is 9.84 Å². The second kappa shape index (κ2) is 4.07. The quantitative estimate of drug-likeness (QED) is 0.834. The van der Waals surface area contributed by atoms with Crippen LogP contribution in [0.25, 0.3) is 0 Å². The number of hydrogen-bond donors (Lipinski definition) is 1. The Hall–Kier alpha value is -0.940. The third-order valence-corrected chi connectivity index (χ3v) is 6.03. The average Bonchev–Trinajstić information content (AvgIpc) is 2.99. The minimum absolute atomic E-state index is 0.256. The highest BCUT2D eigenvalue weighted by Gasteiger charge is 2.54. The second-order valence-electron chi connectivity index (χ2n) is 4.63. The maximum atomic E-state index is 13.0. The number of aryl methyl sites for hydroxylation is 1. The summed E-state index contributed by atoms with van der Waals surface area (Å²) < 4.78 is 37.3. The van der Waals surface area contributed by atoms with Crippen LogP contribution in [-0.2, 0) is 9.84 Å². The molecule has 17 heavy (non-hydrogen) atoms. The van der Waals surface area contributed by atoms with Gasteiger partial charge in [-0.3, -0.25) is 0 Å². The molecule has 1 saturated carbocycles. The summed E-state index contributed by atoms with van der Waals surface area (Å²) in [5.41, 5.74) is 0.479. The molecular formula is C12H16FNO2S. The van der Waals surface area contributed by atoms with Gasteiger partial charge in [0.1, 0.15) is 5.82 Å². The first-order valence-corrected chi connectivity index (χ1v) is 7.07. The summed E-state index contributed by atoms with van der Waals surface area (Å²) >= 11 is 0. The zero-order valence-electron chi connectivity index (χ0n) is 9.96. The van der Waals surface area contributed by atoms with Gasteiger partial charge in [-0.05, 0) is 50.6 Å². The summed E-state index contributed by atoms with van der Waals surface area (Å²) in [4.78, 5) is 0.256. The third-order valence-electron chi connectivity index (χ3n) is 3.30. The van der Waals surface area contributed by atoms with E-state index >= 15 is 0 Å². The summed E-state index contributed by atoms with van der Waals surface area (Å²) in [7, 11) is -1.62. The lowest BCUT2D eigenvalue weighted by atomic mass is 10.2. The predicted octanol–water partition coefficient (Wildman–Crippen LogP) is 1.66. The van der Waals surface area contributed by atoms with E-state index in [4.69, 9.17) is 0 Å². The van der Waals surface area contributed by atoms with Crippen molar-refractivity contribution in [1.82, 2.24) is 5.32 Å². The van der Waals surface area contributed by atoms with Crippen LogP contribution in [0.3, 0.4) is 0 Å². The molecule has 0 amide bonds. The Kier molecular flexibility index (Phi) is 2.99.